The first-order valence-electron chi connectivity index (χ1n) is 7.06. The van der Waals surface area contributed by atoms with Crippen LogP contribution in [0.5, 0.6) is 0 Å². The number of nitrogens with one attached hydrogen (secondary N) is 1. The number of hydrogen-bond acceptors (Lipinski definition) is 3. The van der Waals surface area contributed by atoms with Crippen LogP contribution in [-0.2, 0) is 17.8 Å². The molecule has 0 aliphatic carbocycles. The van der Waals surface area contributed by atoms with E-state index in [0.717, 1.165) is 24.2 Å². The van der Waals surface area contributed by atoms with Crippen molar-refractivity contribution in [3.63, 3.8) is 0 Å². The molecule has 0 aliphatic heterocycles. The summed E-state index contributed by atoms with van der Waals surface area (Å²) in [6.45, 7) is 4.69. The summed E-state index contributed by atoms with van der Waals surface area (Å²) in [6.07, 6.45) is 1.65. The number of benzene rings is 1. The molecule has 6 heteroatoms. The average molecular weight is 289 g/mol. The fourth-order valence-electron chi connectivity index (χ4n) is 2.30. The van der Waals surface area contributed by atoms with E-state index in [4.69, 9.17) is 5.11 Å². The maximum Gasteiger partial charge on any atom is 0.335 e. The van der Waals surface area contributed by atoms with Crippen LogP contribution in [0, 0.1) is 0 Å². The van der Waals surface area contributed by atoms with Crippen LogP contribution >= 0.6 is 0 Å². The summed E-state index contributed by atoms with van der Waals surface area (Å²) in [5.74, 6) is -0.245. The van der Waals surface area contributed by atoms with Gasteiger partial charge in [-0.3, -0.25) is 4.79 Å². The van der Waals surface area contributed by atoms with Crippen molar-refractivity contribution in [3.8, 4) is 0 Å². The molecule has 0 saturated carbocycles. The normalized spacial score (nSPS) is 10.8. The summed E-state index contributed by atoms with van der Waals surface area (Å²) in [6, 6.07) is 4.80. The van der Waals surface area contributed by atoms with Gasteiger partial charge >= 0.3 is 5.97 Å². The number of aromatic carboxylic acids is 1. The van der Waals surface area contributed by atoms with Gasteiger partial charge in [0.05, 0.1) is 16.6 Å². The van der Waals surface area contributed by atoms with Crippen LogP contribution < -0.4 is 5.32 Å². The van der Waals surface area contributed by atoms with E-state index in [1.807, 2.05) is 18.4 Å². The number of carbonyl (C=O) groups excluding carboxylic acids is 1. The lowest BCUT2D eigenvalue weighted by Gasteiger charge is -2.08. The van der Waals surface area contributed by atoms with E-state index in [-0.39, 0.29) is 18.0 Å². The Kier molecular flexibility index (Phi) is 4.57. The highest BCUT2D eigenvalue weighted by molar-refractivity contribution is 5.92. The zero-order valence-electron chi connectivity index (χ0n) is 12.2. The Morgan fingerprint density at radius 3 is 2.71 bits per heavy atom. The molecule has 2 N–H and O–H groups in total. The number of hydrogen-bond donors (Lipinski definition) is 2. The van der Waals surface area contributed by atoms with Crippen LogP contribution in [-0.4, -0.2) is 33.1 Å². The van der Waals surface area contributed by atoms with Gasteiger partial charge in [-0.05, 0) is 31.5 Å². The van der Waals surface area contributed by atoms with Gasteiger partial charge in [-0.1, -0.05) is 6.92 Å². The lowest BCUT2D eigenvalue weighted by atomic mass is 10.2. The predicted molar refractivity (Wildman–Crippen MR) is 79.4 cm³/mol. The molecule has 1 heterocycles. The molecule has 21 heavy (non-hydrogen) atoms. The van der Waals surface area contributed by atoms with E-state index in [1.54, 1.807) is 12.1 Å². The lowest BCUT2D eigenvalue weighted by molar-refractivity contribution is -0.121. The van der Waals surface area contributed by atoms with E-state index in [2.05, 4.69) is 10.3 Å². The van der Waals surface area contributed by atoms with E-state index in [0.29, 0.717) is 12.1 Å². The number of imidazole rings is 1. The van der Waals surface area contributed by atoms with Gasteiger partial charge in [0.25, 0.3) is 0 Å². The molecule has 0 fully saturated rings. The Labute approximate surface area is 122 Å². The first kappa shape index (κ1) is 15.0. The lowest BCUT2D eigenvalue weighted by Crippen LogP contribution is -2.27. The van der Waals surface area contributed by atoms with E-state index in [1.165, 1.54) is 6.07 Å². The van der Waals surface area contributed by atoms with Crippen LogP contribution in [0.4, 0.5) is 0 Å². The Balaban J connectivity index is 2.47. The van der Waals surface area contributed by atoms with E-state index >= 15 is 0 Å². The molecule has 112 valence electrons. The maximum absolute atomic E-state index is 11.8. The molecule has 1 aromatic heterocycles. The molecule has 0 saturated heterocycles. The summed E-state index contributed by atoms with van der Waals surface area (Å²) in [5.41, 5.74) is 1.60. The number of carbonyl (C=O) groups is 2. The minimum Gasteiger partial charge on any atom is -0.478 e. The molecule has 0 aliphatic rings. The van der Waals surface area contributed by atoms with Gasteiger partial charge in [-0.25, -0.2) is 9.78 Å². The third-order valence-electron chi connectivity index (χ3n) is 3.22. The number of amides is 1. The van der Waals surface area contributed by atoms with Gasteiger partial charge in [-0.15, -0.1) is 0 Å². The predicted octanol–water partition coefficient (Wildman–Crippen LogP) is 1.82. The second kappa shape index (κ2) is 6.39. The zero-order valence-corrected chi connectivity index (χ0v) is 12.2. The molecule has 6 nitrogen and oxygen atoms in total. The third kappa shape index (κ3) is 3.21. The topological polar surface area (TPSA) is 84.2 Å². The average Bonchev–Trinajstić information content (AvgIpc) is 2.76. The number of aromatic nitrogens is 2. The highest BCUT2D eigenvalue weighted by Gasteiger charge is 2.14. The van der Waals surface area contributed by atoms with Crippen molar-refractivity contribution in [2.24, 2.45) is 0 Å². The Morgan fingerprint density at radius 1 is 1.33 bits per heavy atom. The standard InChI is InChI=1S/C15H19N3O3/c1-3-5-13-17-11-8-10(15(20)21)6-7-12(11)18(13)9-14(19)16-4-2/h6-8H,3-5,9H2,1-2H3,(H,16,19)(H,20,21). The molecule has 0 atom stereocenters. The first-order valence-corrected chi connectivity index (χ1v) is 7.06. The Morgan fingerprint density at radius 2 is 2.10 bits per heavy atom. The number of carboxylic acids is 1. The van der Waals surface area contributed by atoms with Crippen molar-refractivity contribution in [1.29, 1.82) is 0 Å². The minimum atomic E-state index is -0.979. The maximum atomic E-state index is 11.8. The number of carboxylic acid groups (broad SMARTS) is 1. The highest BCUT2D eigenvalue weighted by Crippen LogP contribution is 2.19. The Hall–Kier alpha value is -2.37. The fourth-order valence-corrected chi connectivity index (χ4v) is 2.30. The molecular weight excluding hydrogens is 270 g/mol. The van der Waals surface area contributed by atoms with Gasteiger partial charge < -0.3 is 15.0 Å². The van der Waals surface area contributed by atoms with Crippen LogP contribution in [0.1, 0.15) is 36.5 Å². The summed E-state index contributed by atoms with van der Waals surface area (Å²) < 4.78 is 1.86. The largest absolute Gasteiger partial charge is 0.478 e. The van der Waals surface area contributed by atoms with Crippen molar-refractivity contribution in [2.45, 2.75) is 33.2 Å². The first-order chi connectivity index (χ1) is 10.1. The zero-order chi connectivity index (χ0) is 15.4. The number of aryl methyl sites for hydroxylation is 1. The molecular formula is C15H19N3O3. The number of fused-ring (bicyclic) bond motifs is 1. The quantitative estimate of drug-likeness (QED) is 0.849. The van der Waals surface area contributed by atoms with Crippen LogP contribution in [0.2, 0.25) is 0 Å². The summed E-state index contributed by atoms with van der Waals surface area (Å²) in [4.78, 5) is 27.3. The Bertz CT molecular complexity index is 676. The van der Waals surface area contributed by atoms with Crippen LogP contribution in [0.25, 0.3) is 11.0 Å². The molecule has 1 amide bonds. The van der Waals surface area contributed by atoms with Gasteiger partial charge in [-0.2, -0.15) is 0 Å². The van der Waals surface area contributed by atoms with Gasteiger partial charge in [0.15, 0.2) is 0 Å². The van der Waals surface area contributed by atoms with Crippen molar-refractivity contribution in [3.05, 3.63) is 29.6 Å². The fraction of sp³-hybridized carbons (Fsp3) is 0.400. The van der Waals surface area contributed by atoms with Crippen molar-refractivity contribution < 1.29 is 14.7 Å². The second-order valence-electron chi connectivity index (χ2n) is 4.83. The SMILES string of the molecule is CCCc1nc2cc(C(=O)O)ccc2n1CC(=O)NCC. The van der Waals surface area contributed by atoms with Crippen molar-refractivity contribution in [2.75, 3.05) is 6.54 Å². The van der Waals surface area contributed by atoms with Crippen LogP contribution in [0.15, 0.2) is 18.2 Å². The van der Waals surface area contributed by atoms with E-state index in [9.17, 15) is 9.59 Å². The van der Waals surface area contributed by atoms with Gasteiger partial charge in [0.2, 0.25) is 5.91 Å². The smallest absolute Gasteiger partial charge is 0.335 e. The summed E-state index contributed by atoms with van der Waals surface area (Å²) >= 11 is 0. The summed E-state index contributed by atoms with van der Waals surface area (Å²) in [7, 11) is 0. The molecule has 0 bridgehead atoms. The molecule has 1 aromatic carbocycles. The van der Waals surface area contributed by atoms with Crippen molar-refractivity contribution in [1.82, 2.24) is 14.9 Å². The molecule has 0 radical (unpaired) electrons. The molecule has 2 rings (SSSR count). The molecule has 0 unspecified atom stereocenters. The van der Waals surface area contributed by atoms with Gasteiger partial charge in [0.1, 0.15) is 12.4 Å². The summed E-state index contributed by atoms with van der Waals surface area (Å²) in [5, 5.41) is 11.8. The number of likely N-dealkylation sites (N-methyl/N-ethyl adjacent to an activating group) is 1. The third-order valence-corrected chi connectivity index (χ3v) is 3.22. The monoisotopic (exact) mass is 289 g/mol. The van der Waals surface area contributed by atoms with Crippen LogP contribution in [0.3, 0.4) is 0 Å². The minimum absolute atomic E-state index is 0.0727. The van der Waals surface area contributed by atoms with Gasteiger partial charge in [0, 0.05) is 13.0 Å². The van der Waals surface area contributed by atoms with Crippen molar-refractivity contribution >= 4 is 22.9 Å². The van der Waals surface area contributed by atoms with E-state index < -0.39 is 5.97 Å². The molecule has 2 aromatic rings. The number of rotatable bonds is 6. The highest BCUT2D eigenvalue weighted by atomic mass is 16.4. The second-order valence-corrected chi connectivity index (χ2v) is 4.83. The number of nitrogens with zero attached hydrogens (tertiary/aromatic N) is 2. The molecule has 0 spiro atoms.